The van der Waals surface area contributed by atoms with Crippen molar-refractivity contribution in [3.63, 3.8) is 0 Å². The fourth-order valence-electron chi connectivity index (χ4n) is 14.9. The van der Waals surface area contributed by atoms with Crippen molar-refractivity contribution in [2.75, 3.05) is 28.4 Å². The predicted octanol–water partition coefficient (Wildman–Crippen LogP) is 10.6. The summed E-state index contributed by atoms with van der Waals surface area (Å²) >= 11 is 0. The molecule has 8 atom stereocenters. The maximum Gasteiger partial charge on any atom is 0.119 e. The van der Waals surface area contributed by atoms with E-state index < -0.39 is 0 Å². The second kappa shape index (κ2) is 27.6. The molecule has 4 saturated carbocycles. The van der Waals surface area contributed by atoms with Crippen molar-refractivity contribution in [1.82, 2.24) is 42.5 Å². The first kappa shape index (κ1) is 56.5. The number of methoxy groups -OCH3 is 4. The molecule has 4 aromatic carbocycles. The highest BCUT2D eigenvalue weighted by Gasteiger charge is 2.54. The number of hydrogen-bond acceptors (Lipinski definition) is 12. The van der Waals surface area contributed by atoms with Crippen LogP contribution in [0.4, 0.5) is 0 Å². The summed E-state index contributed by atoms with van der Waals surface area (Å²) in [5, 5.41) is 33.8. The molecule has 9 aliphatic rings. The Bertz CT molecular complexity index is 2000. The van der Waals surface area contributed by atoms with Crippen molar-refractivity contribution in [3.05, 3.63) is 119 Å². The van der Waals surface area contributed by atoms with Crippen LogP contribution in [0.15, 0.2) is 97.1 Å². The average molecular weight is 1040 g/mol. The molecule has 5 aliphatic heterocycles. The molecular weight excluding hydrogens is 945 g/mol. The van der Waals surface area contributed by atoms with Crippen LogP contribution in [0.1, 0.15) is 125 Å². The van der Waals surface area contributed by atoms with Crippen molar-refractivity contribution in [2.45, 2.75) is 180 Å². The van der Waals surface area contributed by atoms with Crippen LogP contribution in [0.5, 0.6) is 23.0 Å². The third kappa shape index (κ3) is 14.3. The predicted molar refractivity (Wildman–Crippen MR) is 308 cm³/mol. The minimum absolute atomic E-state index is 0.420. The molecule has 76 heavy (non-hydrogen) atoms. The topological polar surface area (TPSA) is 133 Å². The minimum atomic E-state index is 0.420. The van der Waals surface area contributed by atoms with Gasteiger partial charge in [0.1, 0.15) is 23.0 Å². The van der Waals surface area contributed by atoms with Crippen molar-refractivity contribution in [2.24, 2.45) is 47.3 Å². The van der Waals surface area contributed by atoms with E-state index in [1.54, 1.807) is 28.4 Å². The summed E-state index contributed by atoms with van der Waals surface area (Å²) in [6.07, 6.45) is 25.6. The zero-order valence-corrected chi connectivity index (χ0v) is 47.4. The Kier molecular flexibility index (Phi) is 20.5. The van der Waals surface area contributed by atoms with Crippen molar-refractivity contribution in [1.29, 1.82) is 0 Å². The Morgan fingerprint density at radius 1 is 0.263 bits per heavy atom. The molecule has 5 saturated heterocycles. The molecule has 13 rings (SSSR count). The lowest BCUT2D eigenvalue weighted by Crippen LogP contribution is -2.61. The van der Waals surface area contributed by atoms with Crippen molar-refractivity contribution < 1.29 is 18.9 Å². The highest BCUT2D eigenvalue weighted by molar-refractivity contribution is 5.29. The average Bonchev–Trinajstić information content (AvgIpc) is 4.20. The van der Waals surface area contributed by atoms with E-state index >= 15 is 0 Å². The van der Waals surface area contributed by atoms with Gasteiger partial charge in [-0.15, -0.1) is 0 Å². The van der Waals surface area contributed by atoms with Crippen LogP contribution in [0, 0.1) is 75.0 Å². The fourth-order valence-corrected chi connectivity index (χ4v) is 14.9. The Labute approximate surface area is 457 Å². The molecule has 0 spiro atoms. The number of hydrogen-bond donors (Lipinski definition) is 8. The molecule has 416 valence electrons. The van der Waals surface area contributed by atoms with Gasteiger partial charge in [0.15, 0.2) is 0 Å². The quantitative estimate of drug-likeness (QED) is 0.0990. The molecule has 4 aromatic rings. The van der Waals surface area contributed by atoms with Crippen LogP contribution in [0.2, 0.25) is 0 Å². The largest absolute Gasteiger partial charge is 0.497 e. The van der Waals surface area contributed by atoms with Crippen LogP contribution in [0.3, 0.4) is 0 Å². The van der Waals surface area contributed by atoms with Gasteiger partial charge < -0.3 is 18.9 Å². The van der Waals surface area contributed by atoms with Crippen LogP contribution < -0.4 is 61.5 Å². The van der Waals surface area contributed by atoms with E-state index in [2.05, 4.69) is 42.5 Å². The van der Waals surface area contributed by atoms with E-state index in [1.807, 2.05) is 125 Å². The number of ether oxygens (including phenoxy) is 4. The summed E-state index contributed by atoms with van der Waals surface area (Å²) in [4.78, 5) is 0. The van der Waals surface area contributed by atoms with Crippen molar-refractivity contribution in [3.8, 4) is 23.0 Å². The summed E-state index contributed by atoms with van der Waals surface area (Å²) in [6.45, 7) is 8.18. The van der Waals surface area contributed by atoms with E-state index in [9.17, 15) is 0 Å². The summed E-state index contributed by atoms with van der Waals surface area (Å²) in [7, 11) is 6.70. The smallest absolute Gasteiger partial charge is 0.119 e. The maximum atomic E-state index is 5.00. The Morgan fingerprint density at radius 3 is 0.539 bits per heavy atom. The van der Waals surface area contributed by atoms with Gasteiger partial charge in [0.2, 0.25) is 0 Å². The lowest BCUT2D eigenvalue weighted by atomic mass is 9.76. The Morgan fingerprint density at radius 2 is 0.421 bits per heavy atom. The third-order valence-corrected chi connectivity index (χ3v) is 18.7. The molecule has 8 unspecified atom stereocenters. The standard InChI is InChI=1S/C32H56N8.4C8H10O/c1-2-10-18-17(9-1)25-33-26(18)38-28-21-13-5-6-14-22(21)30(35-28)40-32-24-16-8-7-15-23(24)31(36-32)39-29-20-12-4-3-11-19(20)27(34-29)37-25;4*1-7-4-3-5-8(6-7)9-2/h17-40H,1-16H2;4*3-6H,1-2H3. The maximum absolute atomic E-state index is 5.00. The van der Waals surface area contributed by atoms with E-state index in [1.165, 1.54) is 125 Å². The zero-order valence-electron chi connectivity index (χ0n) is 47.4. The molecule has 9 fully saturated rings. The molecule has 0 radical (unpaired) electrons. The van der Waals surface area contributed by atoms with Gasteiger partial charge in [0, 0.05) is 0 Å². The van der Waals surface area contributed by atoms with Crippen molar-refractivity contribution >= 4 is 0 Å². The van der Waals surface area contributed by atoms with Gasteiger partial charge in [-0.3, -0.25) is 42.5 Å². The molecule has 8 N–H and O–H groups in total. The number of aryl methyl sites for hydroxylation is 4. The summed E-state index contributed by atoms with van der Waals surface area (Å²) in [5.74, 6) is 9.67. The highest BCUT2D eigenvalue weighted by Crippen LogP contribution is 2.45. The van der Waals surface area contributed by atoms with Gasteiger partial charge in [0.05, 0.1) is 77.8 Å². The minimum Gasteiger partial charge on any atom is -0.497 e. The first-order chi connectivity index (χ1) is 37.1. The number of fused-ring (bicyclic) bond motifs is 20. The van der Waals surface area contributed by atoms with E-state index in [-0.39, 0.29) is 0 Å². The van der Waals surface area contributed by atoms with Crippen LogP contribution in [-0.4, -0.2) is 77.8 Å². The van der Waals surface area contributed by atoms with Gasteiger partial charge in [-0.25, -0.2) is 0 Å². The first-order valence-corrected chi connectivity index (χ1v) is 29.6. The third-order valence-electron chi connectivity index (χ3n) is 18.7. The van der Waals surface area contributed by atoms with E-state index in [4.69, 9.17) is 18.9 Å². The molecule has 4 aliphatic carbocycles. The van der Waals surface area contributed by atoms with Gasteiger partial charge in [0.25, 0.3) is 0 Å². The van der Waals surface area contributed by atoms with Gasteiger partial charge in [-0.05, 0) is 197 Å². The normalized spacial score (nSPS) is 34.6. The summed E-state index contributed by atoms with van der Waals surface area (Å²) in [6, 6.07) is 31.8. The number of rotatable bonds is 4. The molecule has 12 nitrogen and oxygen atoms in total. The SMILES string of the molecule is C1CCC2C3NC(NC4NC(NC5NC(NC6NC(N3)C3CCCCC63)C3CCCCC53)C3CCCCC43)C2C1.COc1cccc(C)c1.COc1cccc(C)c1.COc1cccc(C)c1.COc1cccc(C)c1. The van der Waals surface area contributed by atoms with Crippen LogP contribution in [-0.2, 0) is 0 Å². The van der Waals surface area contributed by atoms with Crippen LogP contribution >= 0.6 is 0 Å². The highest BCUT2D eigenvalue weighted by atomic mass is 16.5. The lowest BCUT2D eigenvalue weighted by Gasteiger charge is -2.35. The second-order valence-corrected chi connectivity index (χ2v) is 23.7. The molecule has 12 heteroatoms. The Hall–Kier alpha value is -4.24. The van der Waals surface area contributed by atoms with Crippen LogP contribution in [0.25, 0.3) is 0 Å². The van der Waals surface area contributed by atoms with E-state index in [0.29, 0.717) is 49.3 Å². The molecular formula is C64H96N8O4. The number of benzene rings is 4. The van der Waals surface area contributed by atoms with Gasteiger partial charge in [-0.2, -0.15) is 0 Å². The second-order valence-electron chi connectivity index (χ2n) is 23.7. The summed E-state index contributed by atoms with van der Waals surface area (Å²) < 4.78 is 20.0. The van der Waals surface area contributed by atoms with Gasteiger partial charge >= 0.3 is 0 Å². The molecule has 8 bridgehead atoms. The monoisotopic (exact) mass is 1040 g/mol. The zero-order chi connectivity index (χ0) is 53.0. The van der Waals surface area contributed by atoms with Gasteiger partial charge in [-0.1, -0.05) is 99.9 Å². The first-order valence-electron chi connectivity index (χ1n) is 29.6. The summed E-state index contributed by atoms with van der Waals surface area (Å²) in [5.41, 5.74) is 4.92. The molecule has 0 aromatic heterocycles. The Balaban J connectivity index is 0.000000157. The number of nitrogens with one attached hydrogen (secondary N) is 8. The molecule has 5 heterocycles. The molecule has 0 amide bonds. The van der Waals surface area contributed by atoms with E-state index in [0.717, 1.165) is 70.3 Å². The fraction of sp³-hybridized carbons (Fsp3) is 0.625. The lowest BCUT2D eigenvalue weighted by molar-refractivity contribution is 0.167.